The molecule has 0 aliphatic carbocycles. The van der Waals surface area contributed by atoms with Crippen LogP contribution in [0.4, 0.5) is 19.3 Å². The van der Waals surface area contributed by atoms with Crippen molar-refractivity contribution in [2.75, 3.05) is 25.0 Å². The number of nitrogens with zero attached hydrogens (tertiary/aromatic N) is 2. The summed E-state index contributed by atoms with van der Waals surface area (Å²) in [6.07, 6.45) is 0. The molecular formula is C26H23F2N3O3. The third kappa shape index (κ3) is 4.01. The number of urea groups is 1. The van der Waals surface area contributed by atoms with E-state index in [2.05, 4.69) is 5.32 Å². The van der Waals surface area contributed by atoms with Crippen LogP contribution in [0.15, 0.2) is 72.8 Å². The predicted molar refractivity (Wildman–Crippen MR) is 123 cm³/mol. The smallest absolute Gasteiger partial charge is 0.322 e. The van der Waals surface area contributed by atoms with Crippen LogP contribution in [0.5, 0.6) is 0 Å². The Morgan fingerprint density at radius 2 is 1.47 bits per heavy atom. The number of carbonyl (C=O) groups is 2. The van der Waals surface area contributed by atoms with E-state index in [4.69, 9.17) is 0 Å². The first-order valence-corrected chi connectivity index (χ1v) is 11.0. The fourth-order valence-corrected chi connectivity index (χ4v) is 4.93. The molecule has 0 bridgehead atoms. The fraction of sp³-hybridized carbons (Fsp3) is 0.231. The molecule has 2 heterocycles. The van der Waals surface area contributed by atoms with Gasteiger partial charge in [0.1, 0.15) is 18.2 Å². The van der Waals surface area contributed by atoms with Gasteiger partial charge in [0.15, 0.2) is 0 Å². The van der Waals surface area contributed by atoms with E-state index in [1.54, 1.807) is 17.0 Å². The second kappa shape index (κ2) is 8.87. The summed E-state index contributed by atoms with van der Waals surface area (Å²) < 4.78 is 26.4. The van der Waals surface area contributed by atoms with Crippen LogP contribution in [0.3, 0.4) is 0 Å². The Labute approximate surface area is 195 Å². The first kappa shape index (κ1) is 22.0. The van der Waals surface area contributed by atoms with Gasteiger partial charge in [-0.25, -0.2) is 13.6 Å². The fourth-order valence-electron chi connectivity index (χ4n) is 4.93. The Morgan fingerprint density at radius 1 is 0.912 bits per heavy atom. The molecule has 6 nitrogen and oxygen atoms in total. The molecule has 174 valence electrons. The number of amides is 3. The third-order valence-corrected chi connectivity index (χ3v) is 6.61. The van der Waals surface area contributed by atoms with Crippen LogP contribution < -0.4 is 5.32 Å². The van der Waals surface area contributed by atoms with Crippen molar-refractivity contribution in [2.45, 2.75) is 18.0 Å². The van der Waals surface area contributed by atoms with Crippen molar-refractivity contribution in [1.29, 1.82) is 0 Å². The molecule has 2 aliphatic heterocycles. The van der Waals surface area contributed by atoms with Crippen LogP contribution in [0.25, 0.3) is 11.1 Å². The largest absolute Gasteiger partial charge is 0.394 e. The van der Waals surface area contributed by atoms with Gasteiger partial charge in [0.05, 0.1) is 18.7 Å². The van der Waals surface area contributed by atoms with Gasteiger partial charge in [-0.2, -0.15) is 0 Å². The topological polar surface area (TPSA) is 72.9 Å². The van der Waals surface area contributed by atoms with Crippen LogP contribution in [-0.2, 0) is 4.79 Å². The zero-order valence-electron chi connectivity index (χ0n) is 18.2. The molecule has 3 aromatic rings. The number of hydrogen-bond acceptors (Lipinski definition) is 3. The second-order valence-corrected chi connectivity index (χ2v) is 8.59. The lowest BCUT2D eigenvalue weighted by atomic mass is 9.73. The SMILES string of the molecule is O=C(Nc1ccc(F)cc1)N1CC(=O)N2[C@H](C1)[C@@H](c1ccc(-c3ccc(F)cc3)cc1)[C@@H]2CO. The molecule has 3 aromatic carbocycles. The number of nitrogens with one attached hydrogen (secondary N) is 1. The maximum Gasteiger partial charge on any atom is 0.322 e. The van der Waals surface area contributed by atoms with Gasteiger partial charge in [0.2, 0.25) is 5.91 Å². The van der Waals surface area contributed by atoms with Crippen LogP contribution >= 0.6 is 0 Å². The van der Waals surface area contributed by atoms with E-state index in [0.29, 0.717) is 12.2 Å². The average molecular weight is 463 g/mol. The number of rotatable bonds is 4. The lowest BCUT2D eigenvalue weighted by molar-refractivity contribution is -0.159. The third-order valence-electron chi connectivity index (χ3n) is 6.61. The summed E-state index contributed by atoms with van der Waals surface area (Å²) in [7, 11) is 0. The molecule has 0 aromatic heterocycles. The molecule has 0 saturated carbocycles. The number of fused-ring (bicyclic) bond motifs is 1. The van der Waals surface area contributed by atoms with Gasteiger partial charge in [-0.1, -0.05) is 36.4 Å². The minimum Gasteiger partial charge on any atom is -0.394 e. The number of benzene rings is 3. The highest BCUT2D eigenvalue weighted by Crippen LogP contribution is 2.43. The van der Waals surface area contributed by atoms with Gasteiger partial charge in [-0.3, -0.25) is 4.79 Å². The Morgan fingerprint density at radius 3 is 2.06 bits per heavy atom. The highest BCUT2D eigenvalue weighted by atomic mass is 19.1. The van der Waals surface area contributed by atoms with E-state index in [-0.39, 0.29) is 42.9 Å². The Hall–Kier alpha value is -3.78. The summed E-state index contributed by atoms with van der Waals surface area (Å²) in [5.41, 5.74) is 3.22. The standard InChI is InChI=1S/C26H23F2N3O3/c27-19-7-5-17(6-8-19)16-1-3-18(4-2-16)25-22-13-30(14-24(33)31(22)23(25)15-32)26(34)29-21-11-9-20(28)10-12-21/h1-12,22-23,25,32H,13-15H2,(H,29,34)/t22-,23+,25-/m1/s1. The number of halogens is 2. The summed E-state index contributed by atoms with van der Waals surface area (Å²) in [4.78, 5) is 28.7. The van der Waals surface area contributed by atoms with E-state index in [0.717, 1.165) is 16.7 Å². The lowest BCUT2D eigenvalue weighted by Crippen LogP contribution is -2.73. The van der Waals surface area contributed by atoms with Crippen LogP contribution in [0, 0.1) is 11.6 Å². The minimum absolute atomic E-state index is 0.0871. The quantitative estimate of drug-likeness (QED) is 0.618. The molecule has 5 rings (SSSR count). The molecule has 34 heavy (non-hydrogen) atoms. The second-order valence-electron chi connectivity index (χ2n) is 8.59. The van der Waals surface area contributed by atoms with Gasteiger partial charge in [-0.05, 0) is 53.1 Å². The van der Waals surface area contributed by atoms with E-state index in [1.165, 1.54) is 41.3 Å². The van der Waals surface area contributed by atoms with Crippen molar-refractivity contribution in [3.05, 3.63) is 90.0 Å². The molecule has 0 spiro atoms. The highest BCUT2D eigenvalue weighted by Gasteiger charge is 2.54. The van der Waals surface area contributed by atoms with Crippen molar-refractivity contribution < 1.29 is 23.5 Å². The molecule has 2 fully saturated rings. The summed E-state index contributed by atoms with van der Waals surface area (Å²) >= 11 is 0. The number of anilines is 1. The number of aliphatic hydroxyl groups is 1. The van der Waals surface area contributed by atoms with Crippen LogP contribution in [0.1, 0.15) is 11.5 Å². The normalized spacial score (nSPS) is 21.6. The summed E-state index contributed by atoms with van der Waals surface area (Å²) in [6.45, 7) is 0.0598. The van der Waals surface area contributed by atoms with E-state index >= 15 is 0 Å². The van der Waals surface area contributed by atoms with Gasteiger partial charge < -0.3 is 20.2 Å². The lowest BCUT2D eigenvalue weighted by Gasteiger charge is -2.58. The Kier molecular flexibility index (Phi) is 5.75. The van der Waals surface area contributed by atoms with Crippen LogP contribution in [-0.4, -0.2) is 58.6 Å². The molecule has 3 atom stereocenters. The molecule has 2 saturated heterocycles. The maximum atomic E-state index is 13.2. The van der Waals surface area contributed by atoms with Crippen molar-refractivity contribution in [3.63, 3.8) is 0 Å². The number of carbonyl (C=O) groups excluding carboxylic acids is 2. The molecule has 8 heteroatoms. The summed E-state index contributed by atoms with van der Waals surface area (Å²) in [5.74, 6) is -1.04. The first-order valence-electron chi connectivity index (χ1n) is 11.0. The summed E-state index contributed by atoms with van der Waals surface area (Å²) in [6, 6.07) is 18.4. The van der Waals surface area contributed by atoms with E-state index in [1.807, 2.05) is 24.3 Å². The maximum absolute atomic E-state index is 13.2. The van der Waals surface area contributed by atoms with Crippen molar-refractivity contribution in [1.82, 2.24) is 9.80 Å². The van der Waals surface area contributed by atoms with E-state index < -0.39 is 11.8 Å². The van der Waals surface area contributed by atoms with Gasteiger partial charge in [0.25, 0.3) is 0 Å². The number of piperazine rings is 1. The summed E-state index contributed by atoms with van der Waals surface area (Å²) in [5, 5.41) is 12.7. The average Bonchev–Trinajstić information content (AvgIpc) is 2.83. The van der Waals surface area contributed by atoms with Crippen LogP contribution in [0.2, 0.25) is 0 Å². The highest BCUT2D eigenvalue weighted by molar-refractivity contribution is 5.93. The van der Waals surface area contributed by atoms with Gasteiger partial charge >= 0.3 is 6.03 Å². The zero-order chi connectivity index (χ0) is 23.8. The molecule has 0 radical (unpaired) electrons. The van der Waals surface area contributed by atoms with E-state index in [9.17, 15) is 23.5 Å². The predicted octanol–water partition coefficient (Wildman–Crippen LogP) is 3.83. The monoisotopic (exact) mass is 463 g/mol. The molecular weight excluding hydrogens is 440 g/mol. The minimum atomic E-state index is -0.433. The zero-order valence-corrected chi connectivity index (χ0v) is 18.2. The van der Waals surface area contributed by atoms with Gasteiger partial charge in [0, 0.05) is 18.2 Å². The number of aliphatic hydroxyl groups excluding tert-OH is 1. The Bertz CT molecular complexity index is 1200. The number of hydrogen-bond donors (Lipinski definition) is 2. The Balaban J connectivity index is 1.33. The molecule has 3 amide bonds. The molecule has 0 unspecified atom stereocenters. The van der Waals surface area contributed by atoms with Crippen molar-refractivity contribution in [2.24, 2.45) is 0 Å². The van der Waals surface area contributed by atoms with Crippen molar-refractivity contribution >= 4 is 17.6 Å². The first-order chi connectivity index (χ1) is 16.4. The molecule has 2 N–H and O–H groups in total. The molecule has 2 aliphatic rings. The van der Waals surface area contributed by atoms with Crippen molar-refractivity contribution in [3.8, 4) is 11.1 Å². The van der Waals surface area contributed by atoms with Gasteiger partial charge in [-0.15, -0.1) is 0 Å².